The standard InChI is InChI=1S/C26H38N4O2/c1-27-11-15-29(16-12-27)19-25(31)23-7-3-21(4-8-23)22-5-9-24(10-6-22)26(32)20-30-17-13-28(2)14-18-30/h3-10,25-26,31-32H,11-20H2,1-2H3/i1-1,2-1. The Morgan fingerprint density at radius 1 is 0.562 bits per heavy atom. The molecular formula is C26H38N4O2. The number of aliphatic hydroxyl groups excluding tert-OH is 2. The minimum atomic E-state index is -0.459. The average Bonchev–Trinajstić information content (AvgIpc) is 2.82. The molecule has 6 heteroatoms. The van der Waals surface area contributed by atoms with E-state index in [4.69, 9.17) is 0 Å². The summed E-state index contributed by atoms with van der Waals surface area (Å²) in [4.78, 5) is 9.33. The van der Waals surface area contributed by atoms with Crippen LogP contribution < -0.4 is 0 Å². The van der Waals surface area contributed by atoms with Gasteiger partial charge < -0.3 is 20.0 Å². The molecule has 2 atom stereocenters. The number of piperazine rings is 2. The van der Waals surface area contributed by atoms with Crippen LogP contribution in [0.15, 0.2) is 48.5 Å². The predicted octanol–water partition coefficient (Wildman–Crippen LogP) is 1.92. The lowest BCUT2D eigenvalue weighted by atomic mass is 9.99. The van der Waals surface area contributed by atoms with Gasteiger partial charge in [-0.05, 0) is 36.3 Å². The number of hydrogen-bond donors (Lipinski definition) is 2. The van der Waals surface area contributed by atoms with Crippen LogP contribution in [0.25, 0.3) is 11.1 Å². The summed E-state index contributed by atoms with van der Waals surface area (Å²) < 4.78 is 0. The zero-order valence-electron chi connectivity index (χ0n) is 19.5. The Hall–Kier alpha value is -1.80. The Balaban J connectivity index is 1.31. The van der Waals surface area contributed by atoms with Crippen LogP contribution in [0.2, 0.25) is 0 Å². The smallest absolute Gasteiger partial charge is 0.0916 e. The zero-order valence-corrected chi connectivity index (χ0v) is 19.5. The van der Waals surface area contributed by atoms with Gasteiger partial charge in [0.15, 0.2) is 0 Å². The molecule has 0 aromatic heterocycles. The molecular weight excluding hydrogens is 398 g/mol. The van der Waals surface area contributed by atoms with Crippen molar-refractivity contribution in [2.45, 2.75) is 12.2 Å². The highest BCUT2D eigenvalue weighted by molar-refractivity contribution is 5.64. The first kappa shape index (κ1) is 23.4. The van der Waals surface area contributed by atoms with E-state index in [1.54, 1.807) is 0 Å². The average molecular weight is 437 g/mol. The normalized spacial score (nSPS) is 21.5. The second kappa shape index (κ2) is 10.9. The van der Waals surface area contributed by atoms with Gasteiger partial charge in [0.05, 0.1) is 12.2 Å². The third-order valence-corrected chi connectivity index (χ3v) is 6.98. The molecule has 2 heterocycles. The third kappa shape index (κ3) is 6.16. The highest BCUT2D eigenvalue weighted by atomic mass is 16.3. The zero-order chi connectivity index (χ0) is 22.5. The Morgan fingerprint density at radius 3 is 1.19 bits per heavy atom. The topological polar surface area (TPSA) is 53.4 Å². The molecule has 2 saturated heterocycles. The fraction of sp³-hybridized carbons (Fsp3) is 0.538. The quantitative estimate of drug-likeness (QED) is 0.692. The molecule has 2 aliphatic heterocycles. The Morgan fingerprint density at radius 2 is 0.875 bits per heavy atom. The van der Waals surface area contributed by atoms with E-state index >= 15 is 0 Å². The number of aliphatic hydroxyl groups is 2. The molecule has 4 rings (SSSR count). The number of rotatable bonds is 7. The maximum atomic E-state index is 10.7. The number of hydrogen-bond acceptors (Lipinski definition) is 6. The lowest BCUT2D eigenvalue weighted by molar-refractivity contribution is 0.0804. The van der Waals surface area contributed by atoms with Gasteiger partial charge in [0.25, 0.3) is 0 Å². The molecule has 2 aromatic carbocycles. The number of benzene rings is 2. The van der Waals surface area contributed by atoms with Crippen molar-refractivity contribution >= 4 is 0 Å². The molecule has 2 fully saturated rings. The summed E-state index contributed by atoms with van der Waals surface area (Å²) in [5, 5.41) is 21.3. The van der Waals surface area contributed by atoms with Crippen molar-refractivity contribution in [3.05, 3.63) is 59.7 Å². The van der Waals surface area contributed by atoms with Gasteiger partial charge in [-0.1, -0.05) is 48.5 Å². The summed E-state index contributed by atoms with van der Waals surface area (Å²) in [6.45, 7) is 9.67. The van der Waals surface area contributed by atoms with E-state index in [2.05, 4.69) is 58.0 Å². The Kier molecular flexibility index (Phi) is 7.94. The number of β-amino-alcohol motifs (C(OH)–C–C–N with tert-alkyl or cyclic N) is 2. The summed E-state index contributed by atoms with van der Waals surface area (Å²) in [6.07, 6.45) is -0.917. The number of likely N-dealkylation sites (N-methyl/N-ethyl adjacent to an activating group) is 2. The molecule has 0 bridgehead atoms. The van der Waals surface area contributed by atoms with Crippen molar-refractivity contribution in [3.8, 4) is 11.1 Å². The minimum Gasteiger partial charge on any atom is -0.387 e. The summed E-state index contributed by atoms with van der Waals surface area (Å²) in [5.74, 6) is 0. The SMILES string of the molecule is [11CH3]N1CCN(CC(O)c2ccc(-c3ccc(C(O)CN4CCN([11CH3])CC4)cc3)cc2)CC1. The predicted molar refractivity (Wildman–Crippen MR) is 130 cm³/mol. The highest BCUT2D eigenvalue weighted by Gasteiger charge is 2.19. The van der Waals surface area contributed by atoms with Crippen LogP contribution in [0.1, 0.15) is 23.3 Å². The fourth-order valence-corrected chi connectivity index (χ4v) is 4.56. The van der Waals surface area contributed by atoms with Crippen molar-refractivity contribution in [3.63, 3.8) is 0 Å². The van der Waals surface area contributed by atoms with Crippen molar-refractivity contribution in [1.29, 1.82) is 0 Å². The van der Waals surface area contributed by atoms with Crippen LogP contribution in [-0.2, 0) is 0 Å². The highest BCUT2D eigenvalue weighted by Crippen LogP contribution is 2.25. The van der Waals surface area contributed by atoms with E-state index in [1.807, 2.05) is 24.3 Å². The molecule has 0 amide bonds. The molecule has 6 nitrogen and oxygen atoms in total. The molecule has 32 heavy (non-hydrogen) atoms. The van der Waals surface area contributed by atoms with Crippen molar-refractivity contribution in [2.24, 2.45) is 0 Å². The van der Waals surface area contributed by atoms with Crippen molar-refractivity contribution in [1.82, 2.24) is 19.6 Å². The van der Waals surface area contributed by atoms with Gasteiger partial charge >= 0.3 is 0 Å². The molecule has 174 valence electrons. The van der Waals surface area contributed by atoms with E-state index in [0.29, 0.717) is 13.1 Å². The summed E-state index contributed by atoms with van der Waals surface area (Å²) >= 11 is 0. The Bertz CT molecular complexity index is 754. The second-order valence-electron chi connectivity index (χ2n) is 9.48. The molecule has 0 radical (unpaired) electrons. The third-order valence-electron chi connectivity index (χ3n) is 6.98. The van der Waals surface area contributed by atoms with E-state index in [0.717, 1.165) is 74.6 Å². The van der Waals surface area contributed by atoms with Crippen LogP contribution in [0.3, 0.4) is 0 Å². The summed E-state index contributed by atoms with van der Waals surface area (Å²) in [7, 11) is 4.29. The first-order valence-corrected chi connectivity index (χ1v) is 11.9. The molecule has 0 saturated carbocycles. The Labute approximate surface area is 192 Å². The molecule has 0 spiro atoms. The first-order chi connectivity index (χ1) is 15.5. The maximum absolute atomic E-state index is 10.7. The van der Waals surface area contributed by atoms with Gasteiger partial charge in [0.2, 0.25) is 0 Å². The molecule has 2 N–H and O–H groups in total. The van der Waals surface area contributed by atoms with Crippen LogP contribution in [-0.4, -0.2) is 109 Å². The van der Waals surface area contributed by atoms with Gasteiger partial charge in [0, 0.05) is 65.4 Å². The lowest BCUT2D eigenvalue weighted by Crippen LogP contribution is -2.45. The maximum Gasteiger partial charge on any atom is 0.0916 e. The molecule has 2 aromatic rings. The summed E-state index contributed by atoms with van der Waals surface area (Å²) in [6, 6.07) is 16.5. The molecule has 2 aliphatic rings. The van der Waals surface area contributed by atoms with E-state index in [-0.39, 0.29) is 0 Å². The van der Waals surface area contributed by atoms with E-state index in [1.165, 1.54) is 0 Å². The fourth-order valence-electron chi connectivity index (χ4n) is 4.56. The van der Waals surface area contributed by atoms with E-state index < -0.39 is 12.2 Å². The van der Waals surface area contributed by atoms with Crippen molar-refractivity contribution < 1.29 is 10.2 Å². The van der Waals surface area contributed by atoms with Crippen LogP contribution >= 0.6 is 0 Å². The summed E-state index contributed by atoms with van der Waals surface area (Å²) in [5.41, 5.74) is 4.18. The van der Waals surface area contributed by atoms with Gasteiger partial charge in [-0.25, -0.2) is 0 Å². The second-order valence-corrected chi connectivity index (χ2v) is 9.48. The van der Waals surface area contributed by atoms with Gasteiger partial charge in [-0.3, -0.25) is 9.80 Å². The van der Waals surface area contributed by atoms with Crippen LogP contribution in [0.4, 0.5) is 0 Å². The first-order valence-electron chi connectivity index (χ1n) is 11.9. The molecule has 0 aliphatic carbocycles. The van der Waals surface area contributed by atoms with Crippen molar-refractivity contribution in [2.75, 3.05) is 79.5 Å². The van der Waals surface area contributed by atoms with Gasteiger partial charge in [-0.15, -0.1) is 0 Å². The van der Waals surface area contributed by atoms with E-state index in [9.17, 15) is 10.2 Å². The van der Waals surface area contributed by atoms with Crippen LogP contribution in [0, 0.1) is 0 Å². The van der Waals surface area contributed by atoms with Gasteiger partial charge in [0.1, 0.15) is 0 Å². The largest absolute Gasteiger partial charge is 0.387 e. The lowest BCUT2D eigenvalue weighted by Gasteiger charge is -2.33. The monoisotopic (exact) mass is 436 g/mol. The van der Waals surface area contributed by atoms with Crippen LogP contribution in [0.5, 0.6) is 0 Å². The molecule has 2 unspecified atom stereocenters. The number of nitrogens with zero attached hydrogens (tertiary/aromatic N) is 4. The minimum absolute atomic E-state index is 0.459. The van der Waals surface area contributed by atoms with Gasteiger partial charge in [-0.2, -0.15) is 0 Å².